The number of fused-ring (bicyclic) bond motifs is 2. The zero-order valence-corrected chi connectivity index (χ0v) is 12.6. The first-order valence-electron chi connectivity index (χ1n) is 8.27. The lowest BCUT2D eigenvalue weighted by atomic mass is 10.0. The van der Waals surface area contributed by atoms with Crippen LogP contribution in [0, 0.1) is 29.6 Å². The summed E-state index contributed by atoms with van der Waals surface area (Å²) in [5.41, 5.74) is 0. The van der Waals surface area contributed by atoms with Gasteiger partial charge in [-0.1, -0.05) is 0 Å². The van der Waals surface area contributed by atoms with Crippen molar-refractivity contribution in [3.63, 3.8) is 0 Å². The Bertz CT molecular complexity index is 285. The Labute approximate surface area is 117 Å². The van der Waals surface area contributed by atoms with Crippen LogP contribution in [0.15, 0.2) is 0 Å². The van der Waals surface area contributed by atoms with E-state index in [0.29, 0.717) is 0 Å². The summed E-state index contributed by atoms with van der Waals surface area (Å²) >= 11 is 0. The molecule has 4 atom stereocenters. The maximum atomic E-state index is 2.80. The van der Waals surface area contributed by atoms with Crippen molar-refractivity contribution < 1.29 is 0 Å². The molecule has 4 fully saturated rings. The average molecular weight is 263 g/mol. The van der Waals surface area contributed by atoms with Gasteiger partial charge in [0.2, 0.25) is 0 Å². The molecule has 4 rings (SSSR count). The molecular formula is C16H29N3. The van der Waals surface area contributed by atoms with Crippen LogP contribution in [0.3, 0.4) is 0 Å². The van der Waals surface area contributed by atoms with Crippen molar-refractivity contribution in [1.29, 1.82) is 0 Å². The highest BCUT2D eigenvalue weighted by Gasteiger charge is 2.43. The molecule has 0 N–H and O–H groups in total. The molecule has 3 heterocycles. The first-order chi connectivity index (χ1) is 9.17. The highest BCUT2D eigenvalue weighted by molar-refractivity contribution is 4.95. The van der Waals surface area contributed by atoms with Gasteiger partial charge in [0, 0.05) is 45.8 Å². The van der Waals surface area contributed by atoms with E-state index in [4.69, 9.17) is 0 Å². The van der Waals surface area contributed by atoms with Gasteiger partial charge >= 0.3 is 0 Å². The summed E-state index contributed by atoms with van der Waals surface area (Å²) in [6.07, 6.45) is 3.03. The lowest BCUT2D eigenvalue weighted by Gasteiger charge is -2.23. The van der Waals surface area contributed by atoms with Gasteiger partial charge in [-0.3, -0.25) is 0 Å². The molecule has 1 aliphatic carbocycles. The van der Waals surface area contributed by atoms with Crippen LogP contribution in [0.5, 0.6) is 0 Å². The zero-order chi connectivity index (χ0) is 13.0. The standard InChI is InChI=1S/C16H29N3/c1-17-6-13-3-12(4-14(13)7-17)5-19-10-15-8-18(2)9-16(15)11-19/h12-16H,3-11H2,1-2H3. The number of likely N-dealkylation sites (tertiary alicyclic amines) is 3. The Balaban J connectivity index is 1.28. The molecular weight excluding hydrogens is 234 g/mol. The van der Waals surface area contributed by atoms with Crippen LogP contribution in [0.25, 0.3) is 0 Å². The van der Waals surface area contributed by atoms with Crippen LogP contribution in [0.1, 0.15) is 12.8 Å². The summed E-state index contributed by atoms with van der Waals surface area (Å²) in [5, 5.41) is 0. The Morgan fingerprint density at radius 2 is 1.16 bits per heavy atom. The van der Waals surface area contributed by atoms with E-state index in [0.717, 1.165) is 29.6 Å². The minimum Gasteiger partial charge on any atom is -0.306 e. The second kappa shape index (κ2) is 4.71. The number of hydrogen-bond acceptors (Lipinski definition) is 3. The summed E-state index contributed by atoms with van der Waals surface area (Å²) in [6.45, 7) is 9.63. The summed E-state index contributed by atoms with van der Waals surface area (Å²) < 4.78 is 0. The summed E-state index contributed by atoms with van der Waals surface area (Å²) in [4.78, 5) is 7.88. The molecule has 0 amide bonds. The van der Waals surface area contributed by atoms with Crippen LogP contribution in [-0.4, -0.2) is 74.6 Å². The molecule has 1 saturated carbocycles. The van der Waals surface area contributed by atoms with Crippen molar-refractivity contribution >= 4 is 0 Å². The molecule has 3 aliphatic heterocycles. The summed E-state index contributed by atoms with van der Waals surface area (Å²) in [7, 11) is 4.59. The third-order valence-corrected chi connectivity index (χ3v) is 6.29. The number of hydrogen-bond donors (Lipinski definition) is 0. The third-order valence-electron chi connectivity index (χ3n) is 6.29. The van der Waals surface area contributed by atoms with Gasteiger partial charge in [-0.25, -0.2) is 0 Å². The fourth-order valence-corrected chi connectivity index (χ4v) is 5.65. The van der Waals surface area contributed by atoms with Gasteiger partial charge in [0.15, 0.2) is 0 Å². The number of nitrogens with zero attached hydrogens (tertiary/aromatic N) is 3. The monoisotopic (exact) mass is 263 g/mol. The van der Waals surface area contributed by atoms with E-state index >= 15 is 0 Å². The van der Waals surface area contributed by atoms with Gasteiger partial charge in [-0.2, -0.15) is 0 Å². The summed E-state index contributed by atoms with van der Waals surface area (Å²) in [5.74, 6) is 5.04. The van der Waals surface area contributed by atoms with Gasteiger partial charge in [0.25, 0.3) is 0 Å². The second-order valence-corrected chi connectivity index (χ2v) is 8.04. The quantitative estimate of drug-likeness (QED) is 0.738. The SMILES string of the molecule is CN1CC2CC(CN3CC4CN(C)CC4C3)CC2C1. The fraction of sp³-hybridized carbons (Fsp3) is 1.00. The van der Waals surface area contributed by atoms with Gasteiger partial charge in [-0.05, 0) is 56.5 Å². The largest absolute Gasteiger partial charge is 0.306 e. The number of rotatable bonds is 2. The minimum atomic E-state index is 0.983. The molecule has 0 aromatic rings. The van der Waals surface area contributed by atoms with Crippen molar-refractivity contribution in [3.8, 4) is 0 Å². The lowest BCUT2D eigenvalue weighted by molar-refractivity contribution is 0.232. The molecule has 0 aromatic carbocycles. The van der Waals surface area contributed by atoms with Crippen LogP contribution < -0.4 is 0 Å². The van der Waals surface area contributed by atoms with Gasteiger partial charge in [-0.15, -0.1) is 0 Å². The molecule has 0 radical (unpaired) electrons. The molecule has 3 heteroatoms. The van der Waals surface area contributed by atoms with Gasteiger partial charge in [0.1, 0.15) is 0 Å². The van der Waals surface area contributed by atoms with Crippen LogP contribution in [0.2, 0.25) is 0 Å². The van der Waals surface area contributed by atoms with Crippen molar-refractivity contribution in [2.75, 3.05) is 59.9 Å². The smallest absolute Gasteiger partial charge is 0.00258 e. The fourth-order valence-electron chi connectivity index (χ4n) is 5.65. The third kappa shape index (κ3) is 2.34. The molecule has 4 aliphatic rings. The molecule has 108 valence electrons. The predicted octanol–water partition coefficient (Wildman–Crippen LogP) is 1.07. The van der Waals surface area contributed by atoms with E-state index < -0.39 is 0 Å². The second-order valence-electron chi connectivity index (χ2n) is 8.04. The van der Waals surface area contributed by atoms with E-state index in [2.05, 4.69) is 28.8 Å². The summed E-state index contributed by atoms with van der Waals surface area (Å²) in [6, 6.07) is 0. The zero-order valence-electron chi connectivity index (χ0n) is 12.6. The highest BCUT2D eigenvalue weighted by Crippen LogP contribution is 2.42. The Morgan fingerprint density at radius 1 is 0.684 bits per heavy atom. The maximum absolute atomic E-state index is 2.80. The first-order valence-corrected chi connectivity index (χ1v) is 8.27. The van der Waals surface area contributed by atoms with Crippen molar-refractivity contribution in [3.05, 3.63) is 0 Å². The van der Waals surface area contributed by atoms with E-state index in [-0.39, 0.29) is 0 Å². The average Bonchev–Trinajstić information content (AvgIpc) is 2.97. The van der Waals surface area contributed by atoms with Gasteiger partial charge in [0.05, 0.1) is 0 Å². The van der Waals surface area contributed by atoms with Crippen LogP contribution in [0.4, 0.5) is 0 Å². The molecule has 19 heavy (non-hydrogen) atoms. The Hall–Kier alpha value is -0.120. The molecule has 0 aromatic heterocycles. The van der Waals surface area contributed by atoms with Crippen LogP contribution in [-0.2, 0) is 0 Å². The first kappa shape index (κ1) is 12.6. The molecule has 4 unspecified atom stereocenters. The highest BCUT2D eigenvalue weighted by atomic mass is 15.2. The molecule has 0 bridgehead atoms. The van der Waals surface area contributed by atoms with Crippen molar-refractivity contribution in [1.82, 2.24) is 14.7 Å². The van der Waals surface area contributed by atoms with Gasteiger partial charge < -0.3 is 14.7 Å². The predicted molar refractivity (Wildman–Crippen MR) is 78.1 cm³/mol. The van der Waals surface area contributed by atoms with Crippen molar-refractivity contribution in [2.45, 2.75) is 12.8 Å². The van der Waals surface area contributed by atoms with Crippen molar-refractivity contribution in [2.24, 2.45) is 29.6 Å². The normalized spacial score (nSPS) is 48.0. The Kier molecular flexibility index (Phi) is 3.13. The minimum absolute atomic E-state index is 0.983. The topological polar surface area (TPSA) is 9.72 Å². The van der Waals surface area contributed by atoms with E-state index in [1.807, 2.05) is 0 Å². The maximum Gasteiger partial charge on any atom is 0.00258 e. The van der Waals surface area contributed by atoms with E-state index in [9.17, 15) is 0 Å². The van der Waals surface area contributed by atoms with E-state index in [1.54, 1.807) is 0 Å². The van der Waals surface area contributed by atoms with Crippen LogP contribution >= 0.6 is 0 Å². The molecule has 0 spiro atoms. The Morgan fingerprint density at radius 3 is 1.68 bits per heavy atom. The van der Waals surface area contributed by atoms with E-state index in [1.165, 1.54) is 58.7 Å². The molecule has 3 saturated heterocycles. The molecule has 3 nitrogen and oxygen atoms in total. The lowest BCUT2D eigenvalue weighted by Crippen LogP contribution is -2.31.